The van der Waals surface area contributed by atoms with Crippen LogP contribution in [0.3, 0.4) is 0 Å². The lowest BCUT2D eigenvalue weighted by atomic mass is 10.1. The summed E-state index contributed by atoms with van der Waals surface area (Å²) in [6.07, 6.45) is 0.0155. The van der Waals surface area contributed by atoms with Gasteiger partial charge < -0.3 is 10.8 Å². The molecular formula is C13H20N2O3S. The zero-order valence-electron chi connectivity index (χ0n) is 11.0. The Morgan fingerprint density at radius 3 is 2.58 bits per heavy atom. The van der Waals surface area contributed by atoms with Gasteiger partial charge in [0.2, 0.25) is 0 Å². The number of rotatable bonds is 4. The van der Waals surface area contributed by atoms with Crippen molar-refractivity contribution in [1.82, 2.24) is 4.90 Å². The summed E-state index contributed by atoms with van der Waals surface area (Å²) in [5.74, 6) is 0.442. The van der Waals surface area contributed by atoms with Crippen molar-refractivity contribution in [2.45, 2.75) is 18.6 Å². The van der Waals surface area contributed by atoms with Crippen LogP contribution in [0.25, 0.3) is 0 Å². The number of nitrogens with zero attached hydrogens (tertiary/aromatic N) is 1. The lowest BCUT2D eigenvalue weighted by Crippen LogP contribution is -2.35. The van der Waals surface area contributed by atoms with Crippen molar-refractivity contribution in [2.24, 2.45) is 0 Å². The van der Waals surface area contributed by atoms with Gasteiger partial charge in [0.1, 0.15) is 0 Å². The zero-order chi connectivity index (χ0) is 14.0. The number of hydrogen-bond acceptors (Lipinski definition) is 5. The number of likely N-dealkylation sites (N-methyl/N-ethyl adjacent to an activating group) is 1. The Morgan fingerprint density at radius 2 is 2.05 bits per heavy atom. The first-order valence-corrected chi connectivity index (χ1v) is 8.14. The van der Waals surface area contributed by atoms with Crippen LogP contribution in [-0.4, -0.2) is 49.6 Å². The summed E-state index contributed by atoms with van der Waals surface area (Å²) >= 11 is 0. The number of nitrogen functional groups attached to an aromatic ring is 1. The van der Waals surface area contributed by atoms with Crippen molar-refractivity contribution in [3.63, 3.8) is 0 Å². The minimum Gasteiger partial charge on any atom is -0.399 e. The Hall–Kier alpha value is -1.11. The lowest BCUT2D eigenvalue weighted by Gasteiger charge is -2.25. The minimum absolute atomic E-state index is 0.00781. The molecule has 1 heterocycles. The molecule has 0 radical (unpaired) electrons. The van der Waals surface area contributed by atoms with Gasteiger partial charge in [-0.2, -0.15) is 0 Å². The molecule has 0 aliphatic carbocycles. The summed E-state index contributed by atoms with van der Waals surface area (Å²) in [6.45, 7) is 0.421. The van der Waals surface area contributed by atoms with E-state index in [0.29, 0.717) is 18.7 Å². The largest absolute Gasteiger partial charge is 0.399 e. The third-order valence-electron chi connectivity index (χ3n) is 3.61. The van der Waals surface area contributed by atoms with Crippen LogP contribution < -0.4 is 5.73 Å². The molecule has 0 unspecified atom stereocenters. The highest BCUT2D eigenvalue weighted by molar-refractivity contribution is 7.91. The standard InChI is InChI=1S/C13H20N2O3S/c1-15(12-6-7-19(17,18)9-12)8-13(16)10-2-4-11(14)5-3-10/h2-5,12-13,16H,6-9,14H2,1H3/t12-,13+/m1/s1. The molecule has 1 aliphatic rings. The molecule has 6 heteroatoms. The van der Waals surface area contributed by atoms with Crippen LogP contribution in [0.4, 0.5) is 5.69 Å². The average Bonchev–Trinajstić information content (AvgIpc) is 2.70. The van der Waals surface area contributed by atoms with Crippen LogP contribution in [0.2, 0.25) is 0 Å². The van der Waals surface area contributed by atoms with Crippen molar-refractivity contribution in [2.75, 3.05) is 30.8 Å². The van der Waals surface area contributed by atoms with E-state index in [-0.39, 0.29) is 17.5 Å². The first-order chi connectivity index (χ1) is 8.87. The zero-order valence-corrected chi connectivity index (χ0v) is 11.8. The lowest BCUT2D eigenvalue weighted by molar-refractivity contribution is 0.110. The van der Waals surface area contributed by atoms with E-state index in [9.17, 15) is 13.5 Å². The molecule has 5 nitrogen and oxygen atoms in total. The van der Waals surface area contributed by atoms with Gasteiger partial charge in [-0.1, -0.05) is 12.1 Å². The monoisotopic (exact) mass is 284 g/mol. The Balaban J connectivity index is 1.95. The van der Waals surface area contributed by atoms with E-state index in [1.165, 1.54) is 0 Å². The van der Waals surface area contributed by atoms with Gasteiger partial charge in [-0.25, -0.2) is 8.42 Å². The maximum atomic E-state index is 11.4. The van der Waals surface area contributed by atoms with E-state index in [2.05, 4.69) is 0 Å². The van der Waals surface area contributed by atoms with Crippen LogP contribution in [0.5, 0.6) is 0 Å². The molecule has 0 spiro atoms. The van der Waals surface area contributed by atoms with Crippen molar-refractivity contribution in [3.05, 3.63) is 29.8 Å². The summed E-state index contributed by atoms with van der Waals surface area (Å²) in [7, 11) is -1.03. The average molecular weight is 284 g/mol. The Kier molecular flexibility index (Phi) is 4.13. The minimum atomic E-state index is -2.89. The topological polar surface area (TPSA) is 83.6 Å². The van der Waals surface area contributed by atoms with Gasteiger partial charge in [0.05, 0.1) is 17.6 Å². The fraction of sp³-hybridized carbons (Fsp3) is 0.538. The number of benzene rings is 1. The second-order valence-corrected chi connectivity index (χ2v) is 7.41. The number of anilines is 1. The van der Waals surface area contributed by atoms with E-state index in [4.69, 9.17) is 5.73 Å². The third-order valence-corrected chi connectivity index (χ3v) is 5.36. The van der Waals surface area contributed by atoms with Crippen molar-refractivity contribution < 1.29 is 13.5 Å². The molecule has 0 amide bonds. The smallest absolute Gasteiger partial charge is 0.151 e. The highest BCUT2D eigenvalue weighted by Gasteiger charge is 2.31. The molecule has 1 aliphatic heterocycles. The summed E-state index contributed by atoms with van der Waals surface area (Å²) in [5, 5.41) is 10.1. The van der Waals surface area contributed by atoms with E-state index in [1.54, 1.807) is 24.3 Å². The van der Waals surface area contributed by atoms with E-state index in [1.807, 2.05) is 11.9 Å². The Labute approximate surface area is 113 Å². The van der Waals surface area contributed by atoms with Gasteiger partial charge in [0.25, 0.3) is 0 Å². The van der Waals surface area contributed by atoms with Crippen LogP contribution in [-0.2, 0) is 9.84 Å². The summed E-state index contributed by atoms with van der Waals surface area (Å²) in [5.41, 5.74) is 7.05. The maximum Gasteiger partial charge on any atom is 0.151 e. The molecule has 1 aromatic carbocycles. The van der Waals surface area contributed by atoms with Crippen LogP contribution in [0, 0.1) is 0 Å². The molecule has 1 aromatic rings. The number of aliphatic hydroxyl groups is 1. The van der Waals surface area contributed by atoms with Crippen molar-refractivity contribution in [1.29, 1.82) is 0 Å². The molecule has 0 aromatic heterocycles. The predicted octanol–water partition coefficient (Wildman–Crippen LogP) is 0.421. The molecule has 2 rings (SSSR count). The number of nitrogens with two attached hydrogens (primary N) is 1. The van der Waals surface area contributed by atoms with E-state index in [0.717, 1.165) is 5.56 Å². The van der Waals surface area contributed by atoms with Gasteiger partial charge in [-0.05, 0) is 31.2 Å². The highest BCUT2D eigenvalue weighted by atomic mass is 32.2. The van der Waals surface area contributed by atoms with E-state index >= 15 is 0 Å². The summed E-state index contributed by atoms with van der Waals surface area (Å²) in [6, 6.07) is 7.09. The fourth-order valence-electron chi connectivity index (χ4n) is 2.37. The van der Waals surface area contributed by atoms with Gasteiger partial charge in [0.15, 0.2) is 9.84 Å². The molecule has 2 atom stereocenters. The van der Waals surface area contributed by atoms with Gasteiger partial charge in [0, 0.05) is 18.3 Å². The fourth-order valence-corrected chi connectivity index (χ4v) is 4.17. The van der Waals surface area contributed by atoms with Crippen LogP contribution >= 0.6 is 0 Å². The van der Waals surface area contributed by atoms with Crippen LogP contribution in [0.15, 0.2) is 24.3 Å². The maximum absolute atomic E-state index is 11.4. The third kappa shape index (κ3) is 3.68. The van der Waals surface area contributed by atoms with E-state index < -0.39 is 15.9 Å². The molecule has 1 fully saturated rings. The highest BCUT2D eigenvalue weighted by Crippen LogP contribution is 2.20. The Morgan fingerprint density at radius 1 is 1.42 bits per heavy atom. The SMILES string of the molecule is CN(C[C@H](O)c1ccc(N)cc1)[C@@H]1CCS(=O)(=O)C1. The van der Waals surface area contributed by atoms with Gasteiger partial charge in [-0.3, -0.25) is 4.90 Å². The van der Waals surface area contributed by atoms with Crippen molar-refractivity contribution in [3.8, 4) is 0 Å². The number of aliphatic hydroxyl groups excluding tert-OH is 1. The van der Waals surface area contributed by atoms with Crippen molar-refractivity contribution >= 4 is 15.5 Å². The second-order valence-electron chi connectivity index (χ2n) is 5.18. The molecule has 0 bridgehead atoms. The van der Waals surface area contributed by atoms with Gasteiger partial charge >= 0.3 is 0 Å². The molecule has 106 valence electrons. The molecular weight excluding hydrogens is 264 g/mol. The summed E-state index contributed by atoms with van der Waals surface area (Å²) in [4.78, 5) is 1.92. The quantitative estimate of drug-likeness (QED) is 0.783. The number of hydrogen-bond donors (Lipinski definition) is 2. The van der Waals surface area contributed by atoms with Crippen LogP contribution in [0.1, 0.15) is 18.1 Å². The second kappa shape index (κ2) is 5.48. The molecule has 3 N–H and O–H groups in total. The predicted molar refractivity (Wildman–Crippen MR) is 75.5 cm³/mol. The molecule has 0 saturated carbocycles. The first kappa shape index (κ1) is 14.3. The first-order valence-electron chi connectivity index (χ1n) is 6.31. The molecule has 1 saturated heterocycles. The number of sulfone groups is 1. The van der Waals surface area contributed by atoms with Gasteiger partial charge in [-0.15, -0.1) is 0 Å². The summed E-state index contributed by atoms with van der Waals surface area (Å²) < 4.78 is 22.9. The molecule has 19 heavy (non-hydrogen) atoms. The normalized spacial score (nSPS) is 23.6. The Bertz CT molecular complexity index is 527.